The Morgan fingerprint density at radius 2 is 1.93 bits per heavy atom. The molecule has 1 aliphatic heterocycles. The van der Waals surface area contributed by atoms with Crippen LogP contribution in [0.5, 0.6) is 5.75 Å². The number of hydrogen-bond donors (Lipinski definition) is 2. The minimum Gasteiger partial charge on any atom is -0.494 e. The summed E-state index contributed by atoms with van der Waals surface area (Å²) in [4.78, 5) is 25.2. The van der Waals surface area contributed by atoms with Gasteiger partial charge in [0, 0.05) is 5.69 Å². The highest BCUT2D eigenvalue weighted by Gasteiger charge is 2.33. The van der Waals surface area contributed by atoms with Crippen molar-refractivity contribution in [2.45, 2.75) is 6.92 Å². The molecule has 2 N–H and O–H groups in total. The van der Waals surface area contributed by atoms with Crippen molar-refractivity contribution in [3.63, 3.8) is 0 Å². The standard InChI is InChI=1S/C19H15Cl2N3O3S2/c1-2-27-13-6-3-11(4-7-13)9-16-17(25)24(19(28)29-16)23-18(26)22-12-5-8-14(20)15(21)10-12/h3-10H,2H2,1H3,(H2,22,23,26)/b16-9+. The van der Waals surface area contributed by atoms with E-state index in [0.717, 1.165) is 28.1 Å². The normalized spacial score (nSPS) is 15.0. The third-order valence-corrected chi connectivity index (χ3v) is 5.71. The molecule has 1 aliphatic rings. The zero-order chi connectivity index (χ0) is 21.0. The molecule has 0 unspecified atom stereocenters. The van der Waals surface area contributed by atoms with Crippen molar-refractivity contribution in [2.24, 2.45) is 0 Å². The molecule has 6 nitrogen and oxygen atoms in total. The zero-order valence-electron chi connectivity index (χ0n) is 15.1. The maximum absolute atomic E-state index is 12.6. The zero-order valence-corrected chi connectivity index (χ0v) is 18.2. The van der Waals surface area contributed by atoms with Crippen LogP contribution in [0.15, 0.2) is 47.4 Å². The van der Waals surface area contributed by atoms with E-state index in [1.165, 1.54) is 6.07 Å². The highest BCUT2D eigenvalue weighted by molar-refractivity contribution is 8.26. The number of amides is 3. The molecule has 2 aromatic rings. The van der Waals surface area contributed by atoms with Crippen molar-refractivity contribution in [1.29, 1.82) is 0 Å². The molecule has 1 saturated heterocycles. The Balaban J connectivity index is 1.66. The number of thioether (sulfide) groups is 1. The van der Waals surface area contributed by atoms with E-state index in [2.05, 4.69) is 10.7 Å². The number of nitrogens with one attached hydrogen (secondary N) is 2. The Kier molecular flexibility index (Phi) is 7.02. The molecule has 0 spiro atoms. The van der Waals surface area contributed by atoms with E-state index in [1.54, 1.807) is 18.2 Å². The molecule has 0 bridgehead atoms. The summed E-state index contributed by atoms with van der Waals surface area (Å²) in [6.07, 6.45) is 1.70. The minimum atomic E-state index is -0.637. The second kappa shape index (κ2) is 9.49. The lowest BCUT2D eigenvalue weighted by molar-refractivity contribution is -0.123. The molecule has 0 radical (unpaired) electrons. The molecule has 3 amide bonds. The van der Waals surface area contributed by atoms with E-state index in [-0.39, 0.29) is 4.32 Å². The Hall–Kier alpha value is -2.26. The summed E-state index contributed by atoms with van der Waals surface area (Å²) >= 11 is 18.1. The molecule has 1 heterocycles. The van der Waals surface area contributed by atoms with Crippen molar-refractivity contribution < 1.29 is 14.3 Å². The Bertz CT molecular complexity index is 997. The predicted molar refractivity (Wildman–Crippen MR) is 121 cm³/mol. The molecular formula is C19H15Cl2N3O3S2. The summed E-state index contributed by atoms with van der Waals surface area (Å²) < 4.78 is 5.62. The first-order chi connectivity index (χ1) is 13.9. The first-order valence-corrected chi connectivity index (χ1v) is 10.4. The summed E-state index contributed by atoms with van der Waals surface area (Å²) in [5.41, 5.74) is 3.67. The molecule has 2 aromatic carbocycles. The van der Waals surface area contributed by atoms with Crippen molar-refractivity contribution in [3.05, 3.63) is 63.0 Å². The van der Waals surface area contributed by atoms with Gasteiger partial charge in [-0.1, -0.05) is 47.1 Å². The van der Waals surface area contributed by atoms with Gasteiger partial charge >= 0.3 is 6.03 Å². The van der Waals surface area contributed by atoms with E-state index in [1.807, 2.05) is 31.2 Å². The number of rotatable bonds is 5. The van der Waals surface area contributed by atoms with Crippen molar-refractivity contribution in [3.8, 4) is 5.75 Å². The number of benzene rings is 2. The number of hydrazine groups is 1. The van der Waals surface area contributed by atoms with E-state index >= 15 is 0 Å². The highest BCUT2D eigenvalue weighted by atomic mass is 35.5. The average molecular weight is 468 g/mol. The molecule has 150 valence electrons. The lowest BCUT2D eigenvalue weighted by Gasteiger charge is -2.16. The van der Waals surface area contributed by atoms with Gasteiger partial charge in [0.15, 0.2) is 4.32 Å². The molecular weight excluding hydrogens is 453 g/mol. The lowest BCUT2D eigenvalue weighted by atomic mass is 10.2. The monoisotopic (exact) mass is 467 g/mol. The molecule has 29 heavy (non-hydrogen) atoms. The van der Waals surface area contributed by atoms with Crippen LogP contribution in [0.4, 0.5) is 10.5 Å². The van der Waals surface area contributed by atoms with E-state index in [0.29, 0.717) is 27.2 Å². The van der Waals surface area contributed by atoms with E-state index in [4.69, 9.17) is 40.2 Å². The first kappa shape index (κ1) is 21.4. The van der Waals surface area contributed by atoms with Crippen LogP contribution in [0.3, 0.4) is 0 Å². The summed E-state index contributed by atoms with van der Waals surface area (Å²) in [6, 6.07) is 11.3. The number of carbonyl (C=O) groups is 2. The third-order valence-electron chi connectivity index (χ3n) is 3.67. The smallest absolute Gasteiger partial charge is 0.338 e. The number of hydrogen-bond acceptors (Lipinski definition) is 5. The Morgan fingerprint density at radius 3 is 2.59 bits per heavy atom. The number of thiocarbonyl (C=S) groups is 1. The van der Waals surface area contributed by atoms with Gasteiger partial charge in [0.25, 0.3) is 5.91 Å². The van der Waals surface area contributed by atoms with Crippen molar-refractivity contribution in [2.75, 3.05) is 11.9 Å². The van der Waals surface area contributed by atoms with Crippen LogP contribution >= 0.6 is 47.2 Å². The molecule has 0 aliphatic carbocycles. The second-order valence-electron chi connectivity index (χ2n) is 5.71. The van der Waals surface area contributed by atoms with Gasteiger partial charge in [-0.3, -0.25) is 4.79 Å². The number of carbonyl (C=O) groups excluding carboxylic acids is 2. The topological polar surface area (TPSA) is 70.7 Å². The number of anilines is 1. The van der Waals surface area contributed by atoms with Crippen LogP contribution < -0.4 is 15.5 Å². The van der Waals surface area contributed by atoms with Gasteiger partial charge < -0.3 is 10.1 Å². The SMILES string of the molecule is CCOc1ccc(/C=C2/SC(=S)N(NC(=O)Nc3ccc(Cl)c(Cl)c3)C2=O)cc1. The van der Waals surface area contributed by atoms with Gasteiger partial charge in [-0.15, -0.1) is 0 Å². The summed E-state index contributed by atoms with van der Waals surface area (Å²) in [5, 5.41) is 4.26. The maximum atomic E-state index is 12.6. The second-order valence-corrected chi connectivity index (χ2v) is 8.20. The molecule has 1 fully saturated rings. The van der Waals surface area contributed by atoms with E-state index in [9.17, 15) is 9.59 Å². The summed E-state index contributed by atoms with van der Waals surface area (Å²) in [5.74, 6) is 0.330. The summed E-state index contributed by atoms with van der Waals surface area (Å²) in [7, 11) is 0. The quantitative estimate of drug-likeness (QED) is 0.459. The molecule has 0 atom stereocenters. The number of urea groups is 1. The van der Waals surface area contributed by atoms with Gasteiger partial charge in [0.05, 0.1) is 21.6 Å². The number of halogens is 2. The van der Waals surface area contributed by atoms with Gasteiger partial charge in [0.2, 0.25) is 0 Å². The largest absolute Gasteiger partial charge is 0.494 e. The molecule has 10 heteroatoms. The van der Waals surface area contributed by atoms with Crippen LogP contribution in [-0.2, 0) is 4.79 Å². The Morgan fingerprint density at radius 1 is 1.21 bits per heavy atom. The van der Waals surface area contributed by atoms with Crippen LogP contribution in [0.2, 0.25) is 10.0 Å². The Labute approximate surface area is 187 Å². The number of ether oxygens (including phenoxy) is 1. The van der Waals surface area contributed by atoms with Gasteiger partial charge in [-0.25, -0.2) is 10.2 Å². The van der Waals surface area contributed by atoms with Gasteiger partial charge in [0.1, 0.15) is 5.75 Å². The van der Waals surface area contributed by atoms with Crippen LogP contribution in [0, 0.1) is 0 Å². The highest BCUT2D eigenvalue weighted by Crippen LogP contribution is 2.32. The predicted octanol–water partition coefficient (Wildman–Crippen LogP) is 5.33. The van der Waals surface area contributed by atoms with Crippen LogP contribution in [-0.4, -0.2) is 27.9 Å². The van der Waals surface area contributed by atoms with Crippen molar-refractivity contribution >= 4 is 75.2 Å². The molecule has 0 saturated carbocycles. The maximum Gasteiger partial charge on any atom is 0.338 e. The van der Waals surface area contributed by atoms with Gasteiger partial charge in [-0.2, -0.15) is 5.01 Å². The fraction of sp³-hybridized carbons (Fsp3) is 0.105. The molecule has 0 aromatic heterocycles. The van der Waals surface area contributed by atoms with Gasteiger partial charge in [-0.05, 0) is 61.1 Å². The summed E-state index contributed by atoms with van der Waals surface area (Å²) in [6.45, 7) is 2.48. The van der Waals surface area contributed by atoms with Crippen molar-refractivity contribution in [1.82, 2.24) is 10.4 Å². The molecule has 3 rings (SSSR count). The van der Waals surface area contributed by atoms with Crippen LogP contribution in [0.1, 0.15) is 12.5 Å². The minimum absolute atomic E-state index is 0.219. The fourth-order valence-electron chi connectivity index (χ4n) is 2.38. The third kappa shape index (κ3) is 5.42. The average Bonchev–Trinajstić information content (AvgIpc) is 2.94. The fourth-order valence-corrected chi connectivity index (χ4v) is 3.85. The number of nitrogens with zero attached hydrogens (tertiary/aromatic N) is 1. The first-order valence-electron chi connectivity index (χ1n) is 8.41. The van der Waals surface area contributed by atoms with E-state index < -0.39 is 11.9 Å². The lowest BCUT2D eigenvalue weighted by Crippen LogP contribution is -2.46. The van der Waals surface area contributed by atoms with Crippen LogP contribution in [0.25, 0.3) is 6.08 Å².